The molecule has 0 aliphatic rings. The molecule has 0 atom stereocenters. The molecular weight excluding hydrogens is 208 g/mol. The smallest absolute Gasteiger partial charge is 0.266 e. The van der Waals surface area contributed by atoms with Gasteiger partial charge in [-0.25, -0.2) is 0 Å². The molecule has 0 radical (unpaired) electrons. The van der Waals surface area contributed by atoms with Gasteiger partial charge in [0.2, 0.25) is 5.90 Å². The van der Waals surface area contributed by atoms with Crippen LogP contribution in [0.5, 0.6) is 0 Å². The summed E-state index contributed by atoms with van der Waals surface area (Å²) in [5.74, 6) is 0.138. The van der Waals surface area contributed by atoms with Crippen LogP contribution >= 0.6 is 34.8 Å². The van der Waals surface area contributed by atoms with Crippen LogP contribution in [-0.4, -0.2) is 9.69 Å². The topological polar surface area (TPSA) is 33.1 Å². The lowest BCUT2D eigenvalue weighted by Crippen LogP contribution is -2.20. The third-order valence-corrected chi connectivity index (χ3v) is 1.44. The van der Waals surface area contributed by atoms with Crippen molar-refractivity contribution < 1.29 is 4.74 Å². The van der Waals surface area contributed by atoms with Crippen LogP contribution in [0.2, 0.25) is 0 Å². The lowest BCUT2D eigenvalue weighted by molar-refractivity contribution is 0.404. The van der Waals surface area contributed by atoms with Crippen LogP contribution in [-0.2, 0) is 4.74 Å². The van der Waals surface area contributed by atoms with Crippen molar-refractivity contribution in [1.29, 1.82) is 5.41 Å². The summed E-state index contributed by atoms with van der Waals surface area (Å²) in [5, 5.41) is 7.11. The Morgan fingerprint density at radius 1 is 1.45 bits per heavy atom. The highest BCUT2D eigenvalue weighted by molar-refractivity contribution is 6.76. The Morgan fingerprint density at radius 3 is 2.18 bits per heavy atom. The fraction of sp³-hybridized carbons (Fsp3) is 0.500. The minimum absolute atomic E-state index is 0.391. The SMILES string of the molecule is CC=C(C)OC(=N)C(Cl)(Cl)Cl. The number of ether oxygens (including phenoxy) is 1. The van der Waals surface area contributed by atoms with E-state index in [0.29, 0.717) is 5.76 Å². The summed E-state index contributed by atoms with van der Waals surface area (Å²) in [7, 11) is 0. The molecule has 0 fully saturated rings. The van der Waals surface area contributed by atoms with E-state index in [0.717, 1.165) is 0 Å². The Morgan fingerprint density at radius 2 is 1.91 bits per heavy atom. The zero-order valence-corrected chi connectivity index (χ0v) is 8.39. The lowest BCUT2D eigenvalue weighted by atomic mass is 10.5. The average molecular weight is 216 g/mol. The molecule has 0 unspecified atom stereocenters. The predicted molar refractivity (Wildman–Crippen MR) is 48.5 cm³/mol. The van der Waals surface area contributed by atoms with Crippen LogP contribution in [0.15, 0.2) is 11.8 Å². The average Bonchev–Trinajstić information content (AvgIpc) is 1.85. The molecule has 2 nitrogen and oxygen atoms in total. The zero-order chi connectivity index (χ0) is 9.07. The van der Waals surface area contributed by atoms with Crippen LogP contribution in [0.25, 0.3) is 0 Å². The number of allylic oxidation sites excluding steroid dienone is 2. The largest absolute Gasteiger partial charge is 0.444 e. The van der Waals surface area contributed by atoms with Crippen LogP contribution in [0.1, 0.15) is 13.8 Å². The third kappa shape index (κ3) is 4.51. The van der Waals surface area contributed by atoms with Crippen LogP contribution in [0.4, 0.5) is 0 Å². The summed E-state index contributed by atoms with van der Waals surface area (Å²) in [6.07, 6.45) is 1.67. The van der Waals surface area contributed by atoms with E-state index < -0.39 is 9.69 Å². The summed E-state index contributed by atoms with van der Waals surface area (Å²) in [4.78, 5) is 0. The van der Waals surface area contributed by atoms with Crippen LogP contribution in [0, 0.1) is 5.41 Å². The van der Waals surface area contributed by atoms with Gasteiger partial charge in [-0.1, -0.05) is 34.8 Å². The maximum atomic E-state index is 7.11. The van der Waals surface area contributed by atoms with Gasteiger partial charge in [0.15, 0.2) is 0 Å². The third-order valence-electron chi connectivity index (χ3n) is 0.927. The Kier molecular flexibility index (Phi) is 4.22. The first-order valence-electron chi connectivity index (χ1n) is 2.84. The standard InChI is InChI=1S/C6H8Cl3NO/c1-3-4(2)11-5(10)6(7,8)9/h3,10H,1-2H3. The van der Waals surface area contributed by atoms with Crippen molar-refractivity contribution >= 4 is 40.7 Å². The molecule has 0 aromatic carbocycles. The van der Waals surface area contributed by atoms with Crippen LogP contribution < -0.4 is 0 Å². The first-order chi connectivity index (χ1) is 4.88. The molecule has 64 valence electrons. The normalized spacial score (nSPS) is 13.0. The van der Waals surface area contributed by atoms with Crippen molar-refractivity contribution in [2.24, 2.45) is 0 Å². The fourth-order valence-electron chi connectivity index (χ4n) is 0.278. The molecule has 5 heteroatoms. The Balaban J connectivity index is 4.10. The molecule has 11 heavy (non-hydrogen) atoms. The first-order valence-corrected chi connectivity index (χ1v) is 3.98. The van der Waals surface area contributed by atoms with E-state index >= 15 is 0 Å². The first kappa shape index (κ1) is 11.1. The number of rotatable bonds is 1. The number of halogens is 3. The molecule has 0 rings (SSSR count). The van der Waals surface area contributed by atoms with Gasteiger partial charge in [-0.3, -0.25) is 5.41 Å². The molecule has 0 amide bonds. The van der Waals surface area contributed by atoms with Gasteiger partial charge in [0.1, 0.15) is 0 Å². The molecule has 0 bridgehead atoms. The van der Waals surface area contributed by atoms with E-state index in [1.165, 1.54) is 0 Å². The molecule has 0 aromatic rings. The highest BCUT2D eigenvalue weighted by atomic mass is 35.6. The van der Waals surface area contributed by atoms with Crippen molar-refractivity contribution in [2.75, 3.05) is 0 Å². The lowest BCUT2D eigenvalue weighted by Gasteiger charge is -2.12. The minimum atomic E-state index is -1.77. The maximum absolute atomic E-state index is 7.11. The zero-order valence-electron chi connectivity index (χ0n) is 6.12. The second-order valence-electron chi connectivity index (χ2n) is 1.83. The van der Waals surface area contributed by atoms with Gasteiger partial charge in [0, 0.05) is 0 Å². The quantitative estimate of drug-likeness (QED) is 0.310. The monoisotopic (exact) mass is 215 g/mol. The van der Waals surface area contributed by atoms with E-state index in [1.807, 2.05) is 0 Å². The number of nitrogens with one attached hydrogen (secondary N) is 1. The molecule has 0 aromatic heterocycles. The van der Waals surface area contributed by atoms with Gasteiger partial charge in [-0.15, -0.1) is 0 Å². The van der Waals surface area contributed by atoms with E-state index in [-0.39, 0.29) is 0 Å². The van der Waals surface area contributed by atoms with Gasteiger partial charge in [0.05, 0.1) is 5.76 Å². The highest BCUT2D eigenvalue weighted by Gasteiger charge is 2.28. The summed E-state index contributed by atoms with van der Waals surface area (Å²) in [5.41, 5.74) is 0. The number of alkyl halides is 3. The van der Waals surface area contributed by atoms with Crippen LogP contribution in [0.3, 0.4) is 0 Å². The van der Waals surface area contributed by atoms with Crippen molar-refractivity contribution in [1.82, 2.24) is 0 Å². The number of hydrogen-bond donors (Lipinski definition) is 1. The van der Waals surface area contributed by atoms with E-state index in [9.17, 15) is 0 Å². The molecule has 0 spiro atoms. The molecular formula is C6H8Cl3NO. The van der Waals surface area contributed by atoms with Crippen molar-refractivity contribution in [2.45, 2.75) is 17.6 Å². The fourth-order valence-corrected chi connectivity index (χ4v) is 0.394. The number of hydrogen-bond acceptors (Lipinski definition) is 2. The predicted octanol–water partition coefficient (Wildman–Crippen LogP) is 3.27. The molecule has 0 saturated heterocycles. The second kappa shape index (κ2) is 4.19. The molecule has 0 aliphatic heterocycles. The van der Waals surface area contributed by atoms with Gasteiger partial charge >= 0.3 is 0 Å². The van der Waals surface area contributed by atoms with Gasteiger partial charge in [-0.2, -0.15) is 0 Å². The molecule has 1 N–H and O–H groups in total. The summed E-state index contributed by atoms with van der Waals surface area (Å²) < 4.78 is 3.04. The van der Waals surface area contributed by atoms with Crippen molar-refractivity contribution in [3.05, 3.63) is 11.8 Å². The minimum Gasteiger partial charge on any atom is -0.444 e. The Bertz CT molecular complexity index is 183. The molecule has 0 heterocycles. The van der Waals surface area contributed by atoms with Crippen molar-refractivity contribution in [3.8, 4) is 0 Å². The van der Waals surface area contributed by atoms with Gasteiger partial charge in [0.25, 0.3) is 3.79 Å². The maximum Gasteiger partial charge on any atom is 0.266 e. The Hall–Kier alpha value is 0.0800. The van der Waals surface area contributed by atoms with Gasteiger partial charge < -0.3 is 4.74 Å². The van der Waals surface area contributed by atoms with Gasteiger partial charge in [-0.05, 0) is 19.9 Å². The van der Waals surface area contributed by atoms with Crippen molar-refractivity contribution in [3.63, 3.8) is 0 Å². The summed E-state index contributed by atoms with van der Waals surface area (Å²) in [6.45, 7) is 3.44. The second-order valence-corrected chi connectivity index (χ2v) is 4.11. The highest BCUT2D eigenvalue weighted by Crippen LogP contribution is 2.28. The van der Waals surface area contributed by atoms with E-state index in [4.69, 9.17) is 44.9 Å². The Labute approximate surface area is 80.6 Å². The van der Waals surface area contributed by atoms with E-state index in [1.54, 1.807) is 19.9 Å². The molecule has 0 saturated carbocycles. The summed E-state index contributed by atoms with van der Waals surface area (Å²) in [6, 6.07) is 0. The molecule has 0 aliphatic carbocycles. The summed E-state index contributed by atoms with van der Waals surface area (Å²) >= 11 is 16.0. The van der Waals surface area contributed by atoms with E-state index in [2.05, 4.69) is 0 Å².